The molecule has 0 bridgehead atoms. The fraction of sp³-hybridized carbons (Fsp3) is 0.667. The van der Waals surface area contributed by atoms with Gasteiger partial charge in [-0.1, -0.05) is 20.8 Å². The van der Waals surface area contributed by atoms with Crippen molar-refractivity contribution in [3.63, 3.8) is 0 Å². The fourth-order valence-electron chi connectivity index (χ4n) is 1.87. The molecule has 1 aromatic heterocycles. The standard InChI is InChI=1S/C12H19N3/c1-12(2,3)11-14-8-6-10(15-11)9-5-4-7-13-9/h6,8-9,13H,4-5,7H2,1-3H3/t9-/m0/s1. The normalized spacial score (nSPS) is 21.9. The van der Waals surface area contributed by atoms with Crippen molar-refractivity contribution in [1.82, 2.24) is 15.3 Å². The second kappa shape index (κ2) is 3.89. The Morgan fingerprint density at radius 3 is 2.80 bits per heavy atom. The van der Waals surface area contributed by atoms with E-state index in [0.29, 0.717) is 6.04 Å². The van der Waals surface area contributed by atoms with Crippen molar-refractivity contribution in [2.45, 2.75) is 45.1 Å². The van der Waals surface area contributed by atoms with Gasteiger partial charge >= 0.3 is 0 Å². The summed E-state index contributed by atoms with van der Waals surface area (Å²) < 4.78 is 0. The molecule has 3 nitrogen and oxygen atoms in total. The lowest BCUT2D eigenvalue weighted by atomic mass is 9.95. The zero-order valence-corrected chi connectivity index (χ0v) is 9.75. The molecule has 0 radical (unpaired) electrons. The Morgan fingerprint density at radius 2 is 2.20 bits per heavy atom. The van der Waals surface area contributed by atoms with Crippen molar-refractivity contribution >= 4 is 0 Å². The third-order valence-corrected chi connectivity index (χ3v) is 2.77. The van der Waals surface area contributed by atoms with Crippen LogP contribution in [0.25, 0.3) is 0 Å². The first-order chi connectivity index (χ1) is 7.07. The van der Waals surface area contributed by atoms with Crippen LogP contribution in [0.4, 0.5) is 0 Å². The van der Waals surface area contributed by atoms with E-state index in [9.17, 15) is 0 Å². The van der Waals surface area contributed by atoms with Gasteiger partial charge in [-0.2, -0.15) is 0 Å². The lowest BCUT2D eigenvalue weighted by molar-refractivity contribution is 0.529. The zero-order valence-electron chi connectivity index (χ0n) is 9.75. The first-order valence-corrected chi connectivity index (χ1v) is 5.64. The van der Waals surface area contributed by atoms with Crippen molar-refractivity contribution in [3.05, 3.63) is 23.8 Å². The average molecular weight is 205 g/mol. The predicted molar refractivity (Wildman–Crippen MR) is 60.7 cm³/mol. The van der Waals surface area contributed by atoms with E-state index in [1.807, 2.05) is 12.3 Å². The Balaban J connectivity index is 2.26. The molecule has 1 saturated heterocycles. The predicted octanol–water partition coefficient (Wildman–Crippen LogP) is 2.20. The summed E-state index contributed by atoms with van der Waals surface area (Å²) in [6.07, 6.45) is 4.32. The fourth-order valence-corrected chi connectivity index (χ4v) is 1.87. The molecule has 15 heavy (non-hydrogen) atoms. The first-order valence-electron chi connectivity index (χ1n) is 5.64. The van der Waals surface area contributed by atoms with Crippen molar-refractivity contribution in [1.29, 1.82) is 0 Å². The molecule has 82 valence electrons. The molecule has 0 saturated carbocycles. The Bertz CT molecular complexity index is 335. The van der Waals surface area contributed by atoms with Crippen LogP contribution in [-0.4, -0.2) is 16.5 Å². The van der Waals surface area contributed by atoms with E-state index >= 15 is 0 Å². The molecule has 3 heteroatoms. The molecule has 1 N–H and O–H groups in total. The van der Waals surface area contributed by atoms with Crippen LogP contribution in [0.15, 0.2) is 12.3 Å². The number of aromatic nitrogens is 2. The highest BCUT2D eigenvalue weighted by atomic mass is 15.0. The minimum absolute atomic E-state index is 0.0363. The molecule has 1 aromatic rings. The number of rotatable bonds is 1. The van der Waals surface area contributed by atoms with Gasteiger partial charge in [0.2, 0.25) is 0 Å². The molecular formula is C12H19N3. The van der Waals surface area contributed by atoms with E-state index in [-0.39, 0.29) is 5.41 Å². The Kier molecular flexibility index (Phi) is 2.74. The summed E-state index contributed by atoms with van der Waals surface area (Å²) in [5, 5.41) is 3.46. The van der Waals surface area contributed by atoms with Gasteiger partial charge in [-0.05, 0) is 25.5 Å². The van der Waals surface area contributed by atoms with Gasteiger partial charge in [0.1, 0.15) is 5.82 Å². The summed E-state index contributed by atoms with van der Waals surface area (Å²) in [4.78, 5) is 9.00. The maximum atomic E-state index is 4.65. The highest BCUT2D eigenvalue weighted by Crippen LogP contribution is 2.23. The SMILES string of the molecule is CC(C)(C)c1nccc([C@@H]2CCCN2)n1. The molecule has 1 atom stereocenters. The van der Waals surface area contributed by atoms with Gasteiger partial charge in [0.25, 0.3) is 0 Å². The second-order valence-corrected chi connectivity index (χ2v) is 5.20. The molecule has 1 aliphatic heterocycles. The van der Waals surface area contributed by atoms with Crippen LogP contribution in [0.2, 0.25) is 0 Å². The summed E-state index contributed by atoms with van der Waals surface area (Å²) >= 11 is 0. The number of hydrogen-bond acceptors (Lipinski definition) is 3. The van der Waals surface area contributed by atoms with Crippen molar-refractivity contribution in [3.8, 4) is 0 Å². The Morgan fingerprint density at radius 1 is 1.40 bits per heavy atom. The van der Waals surface area contributed by atoms with Crippen LogP contribution >= 0.6 is 0 Å². The maximum absolute atomic E-state index is 4.65. The quantitative estimate of drug-likeness (QED) is 0.763. The average Bonchev–Trinajstić information content (AvgIpc) is 2.69. The van der Waals surface area contributed by atoms with E-state index in [4.69, 9.17) is 0 Å². The first kappa shape index (κ1) is 10.6. The van der Waals surface area contributed by atoms with Crippen LogP contribution in [0.5, 0.6) is 0 Å². The molecule has 0 aromatic carbocycles. The van der Waals surface area contributed by atoms with Gasteiger partial charge < -0.3 is 5.32 Å². The summed E-state index contributed by atoms with van der Waals surface area (Å²) in [7, 11) is 0. The second-order valence-electron chi connectivity index (χ2n) is 5.20. The van der Waals surface area contributed by atoms with Crippen LogP contribution in [0.1, 0.15) is 51.2 Å². The van der Waals surface area contributed by atoms with E-state index in [2.05, 4.69) is 36.1 Å². The van der Waals surface area contributed by atoms with Crippen LogP contribution in [-0.2, 0) is 5.41 Å². The third kappa shape index (κ3) is 2.34. The van der Waals surface area contributed by atoms with Crippen molar-refractivity contribution < 1.29 is 0 Å². The molecule has 2 heterocycles. The summed E-state index contributed by atoms with van der Waals surface area (Å²) in [6.45, 7) is 7.55. The van der Waals surface area contributed by atoms with E-state index in [1.165, 1.54) is 12.8 Å². The van der Waals surface area contributed by atoms with Gasteiger partial charge in [0.15, 0.2) is 0 Å². The minimum Gasteiger partial charge on any atom is -0.309 e. The van der Waals surface area contributed by atoms with Gasteiger partial charge in [-0.3, -0.25) is 0 Å². The summed E-state index contributed by atoms with van der Waals surface area (Å²) in [6, 6.07) is 2.46. The highest BCUT2D eigenvalue weighted by Gasteiger charge is 2.21. The van der Waals surface area contributed by atoms with Crippen molar-refractivity contribution in [2.75, 3.05) is 6.54 Å². The Labute approximate surface area is 91.3 Å². The smallest absolute Gasteiger partial charge is 0.133 e. The zero-order chi connectivity index (χ0) is 10.9. The summed E-state index contributed by atoms with van der Waals surface area (Å²) in [5.74, 6) is 0.939. The number of hydrogen-bond donors (Lipinski definition) is 1. The van der Waals surface area contributed by atoms with Crippen molar-refractivity contribution in [2.24, 2.45) is 0 Å². The lowest BCUT2D eigenvalue weighted by Gasteiger charge is -2.18. The molecule has 0 spiro atoms. The molecule has 0 aliphatic carbocycles. The lowest BCUT2D eigenvalue weighted by Crippen LogP contribution is -2.20. The van der Waals surface area contributed by atoms with Crippen LogP contribution in [0.3, 0.4) is 0 Å². The molecule has 2 rings (SSSR count). The molecule has 0 unspecified atom stereocenters. The Hall–Kier alpha value is -0.960. The molecule has 0 amide bonds. The van der Waals surface area contributed by atoms with Gasteiger partial charge in [0.05, 0.1) is 5.69 Å². The maximum Gasteiger partial charge on any atom is 0.133 e. The largest absolute Gasteiger partial charge is 0.309 e. The van der Waals surface area contributed by atoms with Gasteiger partial charge in [-0.25, -0.2) is 9.97 Å². The topological polar surface area (TPSA) is 37.8 Å². The highest BCUT2D eigenvalue weighted by molar-refractivity contribution is 5.12. The summed E-state index contributed by atoms with van der Waals surface area (Å²) in [5.41, 5.74) is 1.18. The molecule has 1 fully saturated rings. The number of nitrogens with zero attached hydrogens (tertiary/aromatic N) is 2. The van der Waals surface area contributed by atoms with E-state index < -0.39 is 0 Å². The van der Waals surface area contributed by atoms with Gasteiger partial charge in [0, 0.05) is 17.7 Å². The van der Waals surface area contributed by atoms with E-state index in [1.54, 1.807) is 0 Å². The number of nitrogens with one attached hydrogen (secondary N) is 1. The van der Waals surface area contributed by atoms with Crippen LogP contribution in [0, 0.1) is 0 Å². The van der Waals surface area contributed by atoms with Crippen LogP contribution < -0.4 is 5.32 Å². The van der Waals surface area contributed by atoms with Gasteiger partial charge in [-0.15, -0.1) is 0 Å². The van der Waals surface area contributed by atoms with E-state index in [0.717, 1.165) is 18.1 Å². The minimum atomic E-state index is 0.0363. The molecular weight excluding hydrogens is 186 g/mol. The molecule has 1 aliphatic rings. The monoisotopic (exact) mass is 205 g/mol. The third-order valence-electron chi connectivity index (χ3n) is 2.77.